The van der Waals surface area contributed by atoms with Gasteiger partial charge in [-0.3, -0.25) is 25.3 Å². The predicted octanol–water partition coefficient (Wildman–Crippen LogP) is 1.71. The van der Waals surface area contributed by atoms with Crippen LogP contribution in [0.4, 0.5) is 0 Å². The summed E-state index contributed by atoms with van der Waals surface area (Å²) >= 11 is 3.25. The largest absolute Gasteiger partial charge is 0.288 e. The number of hydroxylamine groups is 1. The van der Waals surface area contributed by atoms with Crippen LogP contribution in [0.3, 0.4) is 0 Å². The van der Waals surface area contributed by atoms with Gasteiger partial charge in [0.2, 0.25) is 0 Å². The molecule has 26 heavy (non-hydrogen) atoms. The van der Waals surface area contributed by atoms with Crippen molar-refractivity contribution in [2.24, 2.45) is 0 Å². The Bertz CT molecular complexity index is 916. The second-order valence-electron chi connectivity index (χ2n) is 5.01. The fourth-order valence-electron chi connectivity index (χ4n) is 1.92. The minimum Gasteiger partial charge on any atom is -0.288 e. The molecule has 0 saturated heterocycles. The van der Waals surface area contributed by atoms with Crippen LogP contribution in [0.15, 0.2) is 57.9 Å². The van der Waals surface area contributed by atoms with Gasteiger partial charge in [0.15, 0.2) is 0 Å². The SMILES string of the molecule is CON(C)S(=O)(=O)c1ccc(C(=O)NNC(=O)c2ccccc2Br)cc1. The first kappa shape index (κ1) is 20.0. The molecule has 10 heteroatoms. The van der Waals surface area contributed by atoms with E-state index in [1.165, 1.54) is 38.4 Å². The molecule has 0 heterocycles. The minimum atomic E-state index is -3.79. The van der Waals surface area contributed by atoms with Gasteiger partial charge in [-0.2, -0.15) is 0 Å². The van der Waals surface area contributed by atoms with Gasteiger partial charge in [0.05, 0.1) is 17.6 Å². The molecule has 0 bridgehead atoms. The number of halogens is 1. The second-order valence-corrected chi connectivity index (χ2v) is 7.80. The highest BCUT2D eigenvalue weighted by Crippen LogP contribution is 2.16. The van der Waals surface area contributed by atoms with Crippen molar-refractivity contribution < 1.29 is 22.8 Å². The zero-order valence-corrected chi connectivity index (χ0v) is 16.3. The Hall–Kier alpha value is -2.27. The quantitative estimate of drug-likeness (QED) is 0.687. The lowest BCUT2D eigenvalue weighted by Crippen LogP contribution is -2.41. The van der Waals surface area contributed by atoms with Gasteiger partial charge in [-0.15, -0.1) is 0 Å². The maximum atomic E-state index is 12.1. The Labute approximate surface area is 159 Å². The molecule has 2 aromatic rings. The van der Waals surface area contributed by atoms with E-state index in [2.05, 4.69) is 31.6 Å². The van der Waals surface area contributed by atoms with Crippen LogP contribution >= 0.6 is 15.9 Å². The Kier molecular flexibility index (Phi) is 6.48. The molecule has 0 radical (unpaired) electrons. The van der Waals surface area contributed by atoms with Gasteiger partial charge >= 0.3 is 0 Å². The first-order valence-electron chi connectivity index (χ1n) is 7.25. The molecule has 0 aromatic heterocycles. The summed E-state index contributed by atoms with van der Waals surface area (Å²) in [5.41, 5.74) is 5.10. The molecule has 2 N–H and O–H groups in total. The third kappa shape index (κ3) is 4.47. The average Bonchev–Trinajstić information content (AvgIpc) is 2.65. The number of sulfonamides is 1. The first-order valence-corrected chi connectivity index (χ1v) is 9.49. The number of hydrogen-bond donors (Lipinski definition) is 2. The highest BCUT2D eigenvalue weighted by Gasteiger charge is 2.21. The third-order valence-corrected chi connectivity index (χ3v) is 5.80. The normalized spacial score (nSPS) is 11.2. The number of benzene rings is 2. The molecule has 0 atom stereocenters. The van der Waals surface area contributed by atoms with E-state index in [1.807, 2.05) is 0 Å². The molecule has 0 aliphatic rings. The van der Waals surface area contributed by atoms with Gasteiger partial charge in [0.1, 0.15) is 0 Å². The summed E-state index contributed by atoms with van der Waals surface area (Å²) in [5.74, 6) is -1.08. The number of hydrogen-bond acceptors (Lipinski definition) is 5. The second kappa shape index (κ2) is 8.41. The molecule has 2 amide bonds. The molecular weight excluding hydrogens is 426 g/mol. The number of rotatable bonds is 5. The van der Waals surface area contributed by atoms with Gasteiger partial charge < -0.3 is 0 Å². The van der Waals surface area contributed by atoms with Crippen LogP contribution in [0.5, 0.6) is 0 Å². The molecule has 0 aliphatic carbocycles. The molecule has 0 fully saturated rings. The average molecular weight is 442 g/mol. The van der Waals surface area contributed by atoms with Crippen LogP contribution in [0.1, 0.15) is 20.7 Å². The summed E-state index contributed by atoms with van der Waals surface area (Å²) in [6.45, 7) is 0. The van der Waals surface area contributed by atoms with E-state index in [-0.39, 0.29) is 10.5 Å². The molecule has 2 rings (SSSR count). The molecule has 138 valence electrons. The van der Waals surface area contributed by atoms with Gasteiger partial charge in [0, 0.05) is 17.1 Å². The monoisotopic (exact) mass is 441 g/mol. The molecule has 0 aliphatic heterocycles. The molecule has 0 spiro atoms. The minimum absolute atomic E-state index is 0.0318. The number of amides is 2. The Morgan fingerprint density at radius 2 is 1.58 bits per heavy atom. The molecule has 8 nitrogen and oxygen atoms in total. The van der Waals surface area contributed by atoms with Crippen molar-refractivity contribution in [3.05, 3.63) is 64.1 Å². The van der Waals surface area contributed by atoms with E-state index in [9.17, 15) is 18.0 Å². The van der Waals surface area contributed by atoms with Crippen molar-refractivity contribution in [2.75, 3.05) is 14.2 Å². The fourth-order valence-corrected chi connectivity index (χ4v) is 3.36. The van der Waals surface area contributed by atoms with E-state index in [4.69, 9.17) is 0 Å². The van der Waals surface area contributed by atoms with E-state index in [1.54, 1.807) is 24.3 Å². The lowest BCUT2D eigenvalue weighted by molar-refractivity contribution is -0.0258. The third-order valence-electron chi connectivity index (χ3n) is 3.42. The van der Waals surface area contributed by atoms with Crippen LogP contribution in [0.25, 0.3) is 0 Å². The number of nitrogens with one attached hydrogen (secondary N) is 2. The van der Waals surface area contributed by atoms with Gasteiger partial charge in [-0.25, -0.2) is 8.42 Å². The van der Waals surface area contributed by atoms with Gasteiger partial charge in [-0.1, -0.05) is 16.6 Å². The van der Waals surface area contributed by atoms with Crippen LogP contribution < -0.4 is 10.9 Å². The topological polar surface area (TPSA) is 105 Å². The smallest absolute Gasteiger partial charge is 0.270 e. The van der Waals surface area contributed by atoms with Crippen molar-refractivity contribution in [3.8, 4) is 0 Å². The number of nitrogens with zero attached hydrogens (tertiary/aromatic N) is 1. The Morgan fingerprint density at radius 3 is 2.15 bits per heavy atom. The van der Waals surface area contributed by atoms with Crippen LogP contribution in [0.2, 0.25) is 0 Å². The lowest BCUT2D eigenvalue weighted by Gasteiger charge is -2.14. The van der Waals surface area contributed by atoms with E-state index >= 15 is 0 Å². The van der Waals surface area contributed by atoms with E-state index < -0.39 is 21.8 Å². The van der Waals surface area contributed by atoms with Crippen molar-refractivity contribution in [1.29, 1.82) is 0 Å². The van der Waals surface area contributed by atoms with Gasteiger partial charge in [0.25, 0.3) is 21.8 Å². The molecule has 2 aromatic carbocycles. The highest BCUT2D eigenvalue weighted by atomic mass is 79.9. The molecule has 0 saturated carbocycles. The Balaban J connectivity index is 2.05. The van der Waals surface area contributed by atoms with E-state index in [0.717, 1.165) is 0 Å². The van der Waals surface area contributed by atoms with Crippen LogP contribution in [0, 0.1) is 0 Å². The summed E-state index contributed by atoms with van der Waals surface area (Å²) in [4.78, 5) is 28.8. The van der Waals surface area contributed by atoms with Crippen LogP contribution in [-0.2, 0) is 14.9 Å². The zero-order valence-electron chi connectivity index (χ0n) is 13.9. The lowest BCUT2D eigenvalue weighted by atomic mass is 10.2. The predicted molar refractivity (Wildman–Crippen MR) is 97.5 cm³/mol. The highest BCUT2D eigenvalue weighted by molar-refractivity contribution is 9.10. The zero-order chi connectivity index (χ0) is 19.3. The standard InChI is InChI=1S/C16H16BrN3O5S/c1-20(25-2)26(23,24)12-9-7-11(8-10-12)15(21)18-19-16(22)13-5-3-4-6-14(13)17/h3-10H,1-2H3,(H,18,21)(H,19,22). The molecule has 0 unspecified atom stereocenters. The number of carbonyl (C=O) groups excluding carboxylic acids is 2. The van der Waals surface area contributed by atoms with Crippen molar-refractivity contribution >= 4 is 37.8 Å². The van der Waals surface area contributed by atoms with Crippen molar-refractivity contribution in [2.45, 2.75) is 4.90 Å². The summed E-state index contributed by atoms with van der Waals surface area (Å²) < 4.78 is 25.5. The summed E-state index contributed by atoms with van der Waals surface area (Å²) in [6, 6.07) is 12.0. The summed E-state index contributed by atoms with van der Waals surface area (Å²) in [5, 5.41) is 0. The summed E-state index contributed by atoms with van der Waals surface area (Å²) in [7, 11) is -1.31. The maximum Gasteiger partial charge on any atom is 0.270 e. The summed E-state index contributed by atoms with van der Waals surface area (Å²) in [6.07, 6.45) is 0. The fraction of sp³-hybridized carbons (Fsp3) is 0.125. The van der Waals surface area contributed by atoms with Crippen molar-refractivity contribution in [1.82, 2.24) is 15.3 Å². The van der Waals surface area contributed by atoms with Crippen LogP contribution in [-0.4, -0.2) is 38.9 Å². The number of carbonyl (C=O) groups is 2. The Morgan fingerprint density at radius 1 is 1.00 bits per heavy atom. The number of hydrazine groups is 1. The maximum absolute atomic E-state index is 12.1. The molecular formula is C16H16BrN3O5S. The first-order chi connectivity index (χ1) is 12.3. The van der Waals surface area contributed by atoms with Gasteiger partial charge in [-0.05, 0) is 52.3 Å². The van der Waals surface area contributed by atoms with E-state index in [0.29, 0.717) is 14.5 Å². The van der Waals surface area contributed by atoms with Crippen molar-refractivity contribution in [3.63, 3.8) is 0 Å².